The van der Waals surface area contributed by atoms with Crippen molar-refractivity contribution in [3.05, 3.63) is 28.5 Å². The number of piperidine rings is 1. The van der Waals surface area contributed by atoms with E-state index >= 15 is 0 Å². The lowest BCUT2D eigenvalue weighted by Gasteiger charge is -2.36. The van der Waals surface area contributed by atoms with Crippen LogP contribution in [0.2, 0.25) is 5.02 Å². The maximum atomic E-state index is 12.8. The fraction of sp³-hybridized carbons (Fsp3) is 0.600. The smallest absolute Gasteiger partial charge is 0.255 e. The van der Waals surface area contributed by atoms with Gasteiger partial charge in [0, 0.05) is 26.4 Å². The predicted octanol–water partition coefficient (Wildman–Crippen LogP) is 2.75. The number of halogens is 1. The van der Waals surface area contributed by atoms with E-state index in [9.17, 15) is 4.79 Å². The number of anilines is 1. The number of carbonyl (C=O) groups is 1. The predicted molar refractivity (Wildman–Crippen MR) is 112 cm³/mol. The van der Waals surface area contributed by atoms with E-state index in [1.807, 2.05) is 6.92 Å². The van der Waals surface area contributed by atoms with E-state index in [1.165, 1.54) is 0 Å². The molecule has 3 heterocycles. The van der Waals surface area contributed by atoms with Gasteiger partial charge in [-0.15, -0.1) is 0 Å². The number of hydrogen-bond acceptors (Lipinski definition) is 5. The molecule has 0 atom stereocenters. The van der Waals surface area contributed by atoms with Crippen molar-refractivity contribution in [2.24, 2.45) is 5.92 Å². The number of rotatable bonds is 6. The van der Waals surface area contributed by atoms with E-state index in [1.54, 1.807) is 23.8 Å². The number of hydrogen-bond donors (Lipinski definition) is 2. The van der Waals surface area contributed by atoms with E-state index in [-0.39, 0.29) is 11.5 Å². The first-order valence-corrected chi connectivity index (χ1v) is 10.1. The van der Waals surface area contributed by atoms with Crippen LogP contribution in [-0.4, -0.2) is 59.1 Å². The first-order valence-electron chi connectivity index (χ1n) is 9.69. The number of nitrogens with two attached hydrogens (primary N) is 1. The first kappa shape index (κ1) is 20.9. The molecule has 3 N–H and O–H groups in total. The number of fused-ring (bicyclic) bond motifs is 1. The molecule has 0 aliphatic carbocycles. The lowest BCUT2D eigenvalue weighted by atomic mass is 9.95. The Bertz CT molecular complexity index is 856. The number of likely N-dealkylation sites (tertiary alicyclic amines) is 1. The molecule has 1 fully saturated rings. The van der Waals surface area contributed by atoms with Crippen LogP contribution in [0.5, 0.6) is 0 Å². The minimum atomic E-state index is -0.166. The SMILES string of the molecule is COC(C)(C)CN1CCC(CNC(=O)c2cc(Cl)c(N)n3cc(C)nc23)CC1. The summed E-state index contributed by atoms with van der Waals surface area (Å²) in [5.74, 6) is 0.688. The molecule has 0 spiro atoms. The Morgan fingerprint density at radius 2 is 2.11 bits per heavy atom. The van der Waals surface area contributed by atoms with Crippen LogP contribution < -0.4 is 11.1 Å². The Morgan fingerprint density at radius 3 is 2.75 bits per heavy atom. The second-order valence-electron chi connectivity index (χ2n) is 8.26. The Kier molecular flexibility index (Phi) is 6.17. The van der Waals surface area contributed by atoms with Gasteiger partial charge in [0.2, 0.25) is 0 Å². The van der Waals surface area contributed by atoms with Crippen molar-refractivity contribution >= 4 is 29.0 Å². The third-order valence-corrected chi connectivity index (χ3v) is 5.81. The standard InChI is InChI=1S/C20H30ClN5O2/c1-13-11-26-17(22)16(21)9-15(18(26)24-13)19(27)23-10-14-5-7-25(8-6-14)12-20(2,3)28-4/h9,11,14H,5-8,10,12,22H2,1-4H3,(H,23,27). The first-order chi connectivity index (χ1) is 13.2. The van der Waals surface area contributed by atoms with Gasteiger partial charge in [-0.2, -0.15) is 0 Å². The molecule has 0 aromatic carbocycles. The summed E-state index contributed by atoms with van der Waals surface area (Å²) < 4.78 is 7.19. The molecule has 1 aliphatic rings. The van der Waals surface area contributed by atoms with Crippen molar-refractivity contribution in [1.29, 1.82) is 0 Å². The van der Waals surface area contributed by atoms with Crippen LogP contribution in [0.25, 0.3) is 5.65 Å². The molecule has 1 saturated heterocycles. The summed E-state index contributed by atoms with van der Waals surface area (Å²) in [7, 11) is 1.75. The van der Waals surface area contributed by atoms with Crippen molar-refractivity contribution in [2.45, 2.75) is 39.2 Å². The second-order valence-corrected chi connectivity index (χ2v) is 8.67. The highest BCUT2D eigenvalue weighted by atomic mass is 35.5. The maximum Gasteiger partial charge on any atom is 0.255 e. The summed E-state index contributed by atoms with van der Waals surface area (Å²) in [5.41, 5.74) is 7.64. The number of pyridine rings is 1. The molecule has 8 heteroatoms. The minimum absolute atomic E-state index is 0.136. The summed E-state index contributed by atoms with van der Waals surface area (Å²) in [5, 5.41) is 3.41. The fourth-order valence-electron chi connectivity index (χ4n) is 3.70. The van der Waals surface area contributed by atoms with Crippen LogP contribution in [0.3, 0.4) is 0 Å². The second kappa shape index (κ2) is 8.27. The molecular formula is C20H30ClN5O2. The van der Waals surface area contributed by atoms with Gasteiger partial charge < -0.3 is 20.7 Å². The van der Waals surface area contributed by atoms with Crippen LogP contribution in [0, 0.1) is 12.8 Å². The summed E-state index contributed by atoms with van der Waals surface area (Å²) in [6.45, 7) is 9.68. The lowest BCUT2D eigenvalue weighted by Crippen LogP contribution is -2.45. The Hall–Kier alpha value is -1.83. The Balaban J connectivity index is 1.59. The van der Waals surface area contributed by atoms with Crippen molar-refractivity contribution in [1.82, 2.24) is 19.6 Å². The van der Waals surface area contributed by atoms with E-state index in [0.717, 1.165) is 38.2 Å². The highest BCUT2D eigenvalue weighted by molar-refractivity contribution is 6.33. The van der Waals surface area contributed by atoms with Gasteiger partial charge in [0.15, 0.2) is 5.65 Å². The maximum absolute atomic E-state index is 12.8. The van der Waals surface area contributed by atoms with Crippen molar-refractivity contribution < 1.29 is 9.53 Å². The Morgan fingerprint density at radius 1 is 1.43 bits per heavy atom. The van der Waals surface area contributed by atoms with E-state index in [2.05, 4.69) is 29.0 Å². The number of nitrogens with zero attached hydrogens (tertiary/aromatic N) is 3. The normalized spacial score (nSPS) is 16.6. The zero-order chi connectivity index (χ0) is 20.5. The van der Waals surface area contributed by atoms with Crippen LogP contribution in [-0.2, 0) is 4.74 Å². The van der Waals surface area contributed by atoms with Crippen molar-refractivity contribution in [3.63, 3.8) is 0 Å². The molecule has 3 rings (SSSR count). The molecule has 0 saturated carbocycles. The van der Waals surface area contributed by atoms with Gasteiger partial charge in [-0.05, 0) is 58.7 Å². The van der Waals surface area contributed by atoms with Crippen LogP contribution in [0.1, 0.15) is 42.7 Å². The highest BCUT2D eigenvalue weighted by Crippen LogP contribution is 2.25. The summed E-state index contributed by atoms with van der Waals surface area (Å²) in [6.07, 6.45) is 3.89. The van der Waals surface area contributed by atoms with Gasteiger partial charge in [0.05, 0.1) is 21.9 Å². The number of nitrogen functional groups attached to an aromatic ring is 1. The summed E-state index contributed by atoms with van der Waals surface area (Å²) in [6, 6.07) is 1.60. The quantitative estimate of drug-likeness (QED) is 0.769. The molecule has 1 amide bonds. The molecule has 28 heavy (non-hydrogen) atoms. The topological polar surface area (TPSA) is 84.9 Å². The fourth-order valence-corrected chi connectivity index (χ4v) is 3.90. The number of carbonyl (C=O) groups excluding carboxylic acids is 1. The number of imidazole rings is 1. The summed E-state index contributed by atoms with van der Waals surface area (Å²) >= 11 is 6.21. The number of aromatic nitrogens is 2. The number of ether oxygens (including phenoxy) is 1. The third kappa shape index (κ3) is 4.59. The molecule has 7 nitrogen and oxygen atoms in total. The zero-order valence-electron chi connectivity index (χ0n) is 17.1. The molecule has 0 radical (unpaired) electrons. The van der Waals surface area contributed by atoms with Gasteiger partial charge in [0.1, 0.15) is 5.82 Å². The molecule has 2 aromatic rings. The van der Waals surface area contributed by atoms with Crippen molar-refractivity contribution in [2.75, 3.05) is 39.0 Å². The molecule has 2 aromatic heterocycles. The van der Waals surface area contributed by atoms with Crippen LogP contribution in [0.4, 0.5) is 5.82 Å². The molecule has 0 bridgehead atoms. The minimum Gasteiger partial charge on any atom is -0.384 e. The van der Waals surface area contributed by atoms with Gasteiger partial charge in [-0.25, -0.2) is 4.98 Å². The average molecular weight is 408 g/mol. The van der Waals surface area contributed by atoms with Gasteiger partial charge >= 0.3 is 0 Å². The van der Waals surface area contributed by atoms with Gasteiger partial charge in [-0.1, -0.05) is 11.6 Å². The van der Waals surface area contributed by atoms with Crippen LogP contribution in [0.15, 0.2) is 12.3 Å². The molecule has 0 unspecified atom stereocenters. The van der Waals surface area contributed by atoms with Crippen LogP contribution >= 0.6 is 11.6 Å². The van der Waals surface area contributed by atoms with Gasteiger partial charge in [-0.3, -0.25) is 9.20 Å². The monoisotopic (exact) mass is 407 g/mol. The van der Waals surface area contributed by atoms with Crippen molar-refractivity contribution in [3.8, 4) is 0 Å². The van der Waals surface area contributed by atoms with E-state index in [0.29, 0.717) is 34.5 Å². The number of methoxy groups -OCH3 is 1. The molecule has 1 aliphatic heterocycles. The van der Waals surface area contributed by atoms with E-state index in [4.69, 9.17) is 22.1 Å². The highest BCUT2D eigenvalue weighted by Gasteiger charge is 2.26. The van der Waals surface area contributed by atoms with Gasteiger partial charge in [0.25, 0.3) is 5.91 Å². The lowest BCUT2D eigenvalue weighted by molar-refractivity contribution is -0.0145. The Labute approximate surface area is 171 Å². The number of amides is 1. The average Bonchev–Trinajstić information content (AvgIpc) is 3.05. The molecular weight excluding hydrogens is 378 g/mol. The van der Waals surface area contributed by atoms with E-state index < -0.39 is 0 Å². The zero-order valence-corrected chi connectivity index (χ0v) is 17.8. The largest absolute Gasteiger partial charge is 0.384 e. The molecule has 154 valence electrons. The summed E-state index contributed by atoms with van der Waals surface area (Å²) in [4.78, 5) is 19.6. The number of aryl methyl sites for hydroxylation is 1. The third-order valence-electron chi connectivity index (χ3n) is 5.50. The number of nitrogens with one attached hydrogen (secondary N) is 1.